The van der Waals surface area contributed by atoms with Gasteiger partial charge in [-0.25, -0.2) is 4.39 Å². The molecule has 2 aromatic rings. The number of hydrogen-bond donors (Lipinski definition) is 1. The zero-order chi connectivity index (χ0) is 14.7. The SMILES string of the molecule is COc1ccc(C(O)c2ccc(Cl)cc2OC)cc1F. The monoisotopic (exact) mass is 296 g/mol. The van der Waals surface area contributed by atoms with Crippen molar-refractivity contribution in [3.05, 3.63) is 58.4 Å². The van der Waals surface area contributed by atoms with Gasteiger partial charge in [0.2, 0.25) is 0 Å². The van der Waals surface area contributed by atoms with Crippen LogP contribution < -0.4 is 9.47 Å². The second-order valence-electron chi connectivity index (χ2n) is 4.18. The zero-order valence-corrected chi connectivity index (χ0v) is 11.8. The summed E-state index contributed by atoms with van der Waals surface area (Å²) in [5, 5.41) is 10.9. The van der Waals surface area contributed by atoms with Crippen LogP contribution in [-0.4, -0.2) is 19.3 Å². The molecule has 0 saturated heterocycles. The summed E-state index contributed by atoms with van der Waals surface area (Å²) >= 11 is 5.87. The molecule has 0 fully saturated rings. The zero-order valence-electron chi connectivity index (χ0n) is 11.1. The van der Waals surface area contributed by atoms with Crippen molar-refractivity contribution in [1.29, 1.82) is 0 Å². The number of methoxy groups -OCH3 is 2. The van der Waals surface area contributed by atoms with Gasteiger partial charge in [0, 0.05) is 10.6 Å². The molecule has 0 aliphatic heterocycles. The predicted molar refractivity (Wildman–Crippen MR) is 75.0 cm³/mol. The van der Waals surface area contributed by atoms with Gasteiger partial charge < -0.3 is 14.6 Å². The maximum atomic E-state index is 13.7. The van der Waals surface area contributed by atoms with Crippen molar-refractivity contribution in [3.8, 4) is 11.5 Å². The minimum atomic E-state index is -1.01. The summed E-state index contributed by atoms with van der Waals surface area (Å²) in [5.41, 5.74) is 0.922. The van der Waals surface area contributed by atoms with Crippen LogP contribution in [0.1, 0.15) is 17.2 Å². The van der Waals surface area contributed by atoms with E-state index in [9.17, 15) is 9.50 Å². The van der Waals surface area contributed by atoms with Gasteiger partial charge in [-0.3, -0.25) is 0 Å². The second-order valence-corrected chi connectivity index (χ2v) is 4.62. The van der Waals surface area contributed by atoms with Crippen molar-refractivity contribution < 1.29 is 19.0 Å². The molecule has 20 heavy (non-hydrogen) atoms. The van der Waals surface area contributed by atoms with E-state index in [1.54, 1.807) is 24.3 Å². The van der Waals surface area contributed by atoms with E-state index in [1.165, 1.54) is 26.4 Å². The van der Waals surface area contributed by atoms with Gasteiger partial charge in [-0.05, 0) is 29.8 Å². The quantitative estimate of drug-likeness (QED) is 0.937. The van der Waals surface area contributed by atoms with E-state index in [2.05, 4.69) is 0 Å². The van der Waals surface area contributed by atoms with Gasteiger partial charge in [-0.1, -0.05) is 23.7 Å². The van der Waals surface area contributed by atoms with E-state index in [-0.39, 0.29) is 5.75 Å². The van der Waals surface area contributed by atoms with Crippen molar-refractivity contribution in [1.82, 2.24) is 0 Å². The second kappa shape index (κ2) is 6.11. The molecule has 2 rings (SSSR count). The van der Waals surface area contributed by atoms with E-state index in [1.807, 2.05) is 0 Å². The maximum Gasteiger partial charge on any atom is 0.165 e. The van der Waals surface area contributed by atoms with Gasteiger partial charge in [-0.15, -0.1) is 0 Å². The molecule has 106 valence electrons. The van der Waals surface area contributed by atoms with Crippen LogP contribution in [0.5, 0.6) is 11.5 Å². The lowest BCUT2D eigenvalue weighted by atomic mass is 10.0. The Hall–Kier alpha value is -1.78. The molecule has 3 nitrogen and oxygen atoms in total. The third kappa shape index (κ3) is 2.86. The molecule has 0 aliphatic rings. The number of rotatable bonds is 4. The van der Waals surface area contributed by atoms with Crippen LogP contribution in [0.3, 0.4) is 0 Å². The molecule has 1 unspecified atom stereocenters. The van der Waals surface area contributed by atoms with Crippen molar-refractivity contribution in [2.45, 2.75) is 6.10 Å². The Bertz CT molecular complexity index is 616. The number of aliphatic hydroxyl groups excluding tert-OH is 1. The van der Waals surface area contributed by atoms with Gasteiger partial charge >= 0.3 is 0 Å². The van der Waals surface area contributed by atoms with Gasteiger partial charge in [0.05, 0.1) is 14.2 Å². The lowest BCUT2D eigenvalue weighted by Crippen LogP contribution is -2.03. The summed E-state index contributed by atoms with van der Waals surface area (Å²) in [6, 6.07) is 9.19. The summed E-state index contributed by atoms with van der Waals surface area (Å²) < 4.78 is 23.7. The molecule has 0 amide bonds. The fourth-order valence-corrected chi connectivity index (χ4v) is 2.11. The molecule has 1 N–H and O–H groups in total. The number of benzene rings is 2. The Labute approximate surface area is 121 Å². The fraction of sp³-hybridized carbons (Fsp3) is 0.200. The Kier molecular flexibility index (Phi) is 4.47. The predicted octanol–water partition coefficient (Wildman–Crippen LogP) is 3.58. The lowest BCUT2D eigenvalue weighted by molar-refractivity contribution is 0.214. The van der Waals surface area contributed by atoms with Crippen molar-refractivity contribution in [3.63, 3.8) is 0 Å². The smallest absolute Gasteiger partial charge is 0.165 e. The Balaban J connectivity index is 2.40. The molecule has 0 saturated carbocycles. The Morgan fingerprint density at radius 2 is 1.75 bits per heavy atom. The topological polar surface area (TPSA) is 38.7 Å². The fourth-order valence-electron chi connectivity index (χ4n) is 1.94. The van der Waals surface area contributed by atoms with E-state index >= 15 is 0 Å². The average molecular weight is 297 g/mol. The van der Waals surface area contributed by atoms with Crippen LogP contribution in [0.25, 0.3) is 0 Å². The first-order valence-electron chi connectivity index (χ1n) is 5.91. The van der Waals surface area contributed by atoms with Gasteiger partial charge in [0.15, 0.2) is 11.6 Å². The van der Waals surface area contributed by atoms with Crippen molar-refractivity contribution >= 4 is 11.6 Å². The highest BCUT2D eigenvalue weighted by atomic mass is 35.5. The van der Waals surface area contributed by atoms with Gasteiger partial charge in [0.25, 0.3) is 0 Å². The summed E-state index contributed by atoms with van der Waals surface area (Å²) in [4.78, 5) is 0. The summed E-state index contributed by atoms with van der Waals surface area (Å²) in [6.45, 7) is 0. The molecular formula is C15H14ClFO3. The van der Waals surface area contributed by atoms with Crippen LogP contribution in [0.15, 0.2) is 36.4 Å². The Morgan fingerprint density at radius 1 is 1.05 bits per heavy atom. The molecule has 0 bridgehead atoms. The molecule has 0 aromatic heterocycles. The number of halogens is 2. The minimum absolute atomic E-state index is 0.129. The van der Waals surface area contributed by atoms with Crippen LogP contribution in [-0.2, 0) is 0 Å². The van der Waals surface area contributed by atoms with Crippen LogP contribution in [0, 0.1) is 5.82 Å². The van der Waals surface area contributed by atoms with Crippen molar-refractivity contribution in [2.75, 3.05) is 14.2 Å². The first-order valence-corrected chi connectivity index (χ1v) is 6.29. The average Bonchev–Trinajstić information content (AvgIpc) is 2.46. The molecule has 5 heteroatoms. The first kappa shape index (κ1) is 14.6. The van der Waals surface area contributed by atoms with Crippen LogP contribution >= 0.6 is 11.6 Å². The van der Waals surface area contributed by atoms with E-state index < -0.39 is 11.9 Å². The number of hydrogen-bond acceptors (Lipinski definition) is 3. The summed E-state index contributed by atoms with van der Waals surface area (Å²) in [7, 11) is 2.87. The molecule has 2 aromatic carbocycles. The van der Waals surface area contributed by atoms with E-state index in [4.69, 9.17) is 21.1 Å². The third-order valence-corrected chi connectivity index (χ3v) is 3.22. The van der Waals surface area contributed by atoms with Gasteiger partial charge in [-0.2, -0.15) is 0 Å². The highest BCUT2D eigenvalue weighted by molar-refractivity contribution is 6.30. The number of aliphatic hydroxyl groups is 1. The largest absolute Gasteiger partial charge is 0.496 e. The molecular weight excluding hydrogens is 283 g/mol. The minimum Gasteiger partial charge on any atom is -0.496 e. The first-order chi connectivity index (χ1) is 9.56. The van der Waals surface area contributed by atoms with Gasteiger partial charge in [0.1, 0.15) is 11.9 Å². The molecule has 0 spiro atoms. The third-order valence-electron chi connectivity index (χ3n) is 2.98. The normalized spacial score (nSPS) is 12.1. The molecule has 0 heterocycles. The lowest BCUT2D eigenvalue weighted by Gasteiger charge is -2.16. The van der Waals surface area contributed by atoms with Crippen LogP contribution in [0.4, 0.5) is 4.39 Å². The highest BCUT2D eigenvalue weighted by Gasteiger charge is 2.17. The molecule has 1 atom stereocenters. The van der Waals surface area contributed by atoms with E-state index in [0.29, 0.717) is 21.9 Å². The Morgan fingerprint density at radius 3 is 2.35 bits per heavy atom. The summed E-state index contributed by atoms with van der Waals surface area (Å²) in [6.07, 6.45) is -1.01. The van der Waals surface area contributed by atoms with Crippen LogP contribution in [0.2, 0.25) is 5.02 Å². The maximum absolute atomic E-state index is 13.7. The highest BCUT2D eigenvalue weighted by Crippen LogP contribution is 2.33. The van der Waals surface area contributed by atoms with Crippen molar-refractivity contribution in [2.24, 2.45) is 0 Å². The van der Waals surface area contributed by atoms with E-state index in [0.717, 1.165) is 0 Å². The molecule has 0 aliphatic carbocycles. The molecule has 0 radical (unpaired) electrons. The number of ether oxygens (including phenoxy) is 2. The summed E-state index contributed by atoms with van der Waals surface area (Å²) in [5.74, 6) is 0.0437. The standard InChI is InChI=1S/C15H14ClFO3/c1-19-13-6-3-9(7-12(13)17)15(18)11-5-4-10(16)8-14(11)20-2/h3-8,15,18H,1-2H3.